The molecule has 1 heterocycles. The van der Waals surface area contributed by atoms with E-state index >= 15 is 4.39 Å². The van der Waals surface area contributed by atoms with Gasteiger partial charge in [-0.15, -0.1) is 0 Å². The van der Waals surface area contributed by atoms with Crippen LogP contribution in [0.1, 0.15) is 35.7 Å². The highest BCUT2D eigenvalue weighted by Gasteiger charge is 2.65. The van der Waals surface area contributed by atoms with Crippen LogP contribution in [0.4, 0.5) is 4.39 Å². The van der Waals surface area contributed by atoms with E-state index in [2.05, 4.69) is 5.32 Å². The topological polar surface area (TPSA) is 111 Å². The van der Waals surface area contributed by atoms with Crippen molar-refractivity contribution in [3.05, 3.63) is 53.3 Å². The van der Waals surface area contributed by atoms with E-state index in [-0.39, 0.29) is 47.8 Å². The van der Waals surface area contributed by atoms with Gasteiger partial charge < -0.3 is 19.5 Å². The third-order valence-corrected chi connectivity index (χ3v) is 8.30. The number of ether oxygens (including phenoxy) is 3. The summed E-state index contributed by atoms with van der Waals surface area (Å²) in [5.41, 5.74) is -1.58. The minimum atomic E-state index is -5.05. The van der Waals surface area contributed by atoms with Crippen molar-refractivity contribution >= 4 is 15.9 Å². The second kappa shape index (κ2) is 9.28. The highest BCUT2D eigenvalue weighted by molar-refractivity contribution is 7.88. The first-order chi connectivity index (χ1) is 15.6. The van der Waals surface area contributed by atoms with Crippen molar-refractivity contribution in [2.75, 3.05) is 34.4 Å². The number of methoxy groups -OCH3 is 3. The first-order valence-corrected chi connectivity index (χ1v) is 11.8. The van der Waals surface area contributed by atoms with Gasteiger partial charge in [-0.25, -0.2) is 4.39 Å². The maximum Gasteiger partial charge on any atom is 0.279 e. The number of Topliss-reactive ketones (excluding diaryl/α,β-unsaturated/α-hetero) is 1. The summed E-state index contributed by atoms with van der Waals surface area (Å²) in [5, 5.41) is 3.06. The van der Waals surface area contributed by atoms with Crippen LogP contribution in [-0.2, 0) is 15.5 Å². The van der Waals surface area contributed by atoms with Gasteiger partial charge in [-0.2, -0.15) is 8.42 Å². The summed E-state index contributed by atoms with van der Waals surface area (Å²) in [6.07, 6.45) is -0.172. The fraction of sp³-hybridized carbons (Fsp3) is 0.435. The van der Waals surface area contributed by atoms with Crippen LogP contribution in [0.15, 0.2) is 36.4 Å². The molecule has 1 fully saturated rings. The van der Waals surface area contributed by atoms with Gasteiger partial charge in [0, 0.05) is 17.5 Å². The Labute approximate surface area is 192 Å². The van der Waals surface area contributed by atoms with Crippen molar-refractivity contribution in [3.63, 3.8) is 0 Å². The zero-order valence-corrected chi connectivity index (χ0v) is 19.8. The number of carbonyl (C=O) groups excluding carboxylic acids is 1. The molecule has 2 atom stereocenters. The van der Waals surface area contributed by atoms with Gasteiger partial charge in [0.25, 0.3) is 10.1 Å². The Morgan fingerprint density at radius 2 is 1.76 bits per heavy atom. The zero-order valence-electron chi connectivity index (χ0n) is 19.0. The van der Waals surface area contributed by atoms with Crippen LogP contribution >= 0.6 is 0 Å². The highest BCUT2D eigenvalue weighted by Crippen LogP contribution is 2.50. The fourth-order valence-electron chi connectivity index (χ4n) is 5.04. The quantitative estimate of drug-likeness (QED) is 0.415. The number of nitrogens with one attached hydrogen (secondary N) is 1. The van der Waals surface area contributed by atoms with Gasteiger partial charge in [-0.1, -0.05) is 25.1 Å². The number of halogens is 1. The van der Waals surface area contributed by atoms with E-state index < -0.39 is 31.9 Å². The summed E-state index contributed by atoms with van der Waals surface area (Å²) in [7, 11) is -0.930. The predicted molar refractivity (Wildman–Crippen MR) is 121 cm³/mol. The summed E-state index contributed by atoms with van der Waals surface area (Å²) in [5.74, 6) is -1.04. The minimum absolute atomic E-state index is 0.0161. The van der Waals surface area contributed by atoms with Crippen molar-refractivity contribution in [1.29, 1.82) is 0 Å². The molecule has 1 aliphatic rings. The summed E-state index contributed by atoms with van der Waals surface area (Å²) in [4.78, 5) is 14.1. The van der Waals surface area contributed by atoms with Crippen LogP contribution in [0.25, 0.3) is 0 Å². The van der Waals surface area contributed by atoms with Gasteiger partial charge in [-0.3, -0.25) is 9.35 Å². The standard InChI is InChI=1S/C23H28FNO7S/c1-5-23(33(27,28)29,22(10-11-25-14-22)16-8-6-7-9-17(16)24)21(26)15-12-18(30-2)20(32-4)19(13-15)31-3/h6-9,12-13,25H,5,10-11,14H2,1-4H3,(H,27,28,29). The lowest BCUT2D eigenvalue weighted by Crippen LogP contribution is -2.62. The molecule has 8 nitrogen and oxygen atoms in total. The molecule has 1 saturated heterocycles. The Bertz CT molecular complexity index is 1120. The van der Waals surface area contributed by atoms with Gasteiger partial charge in [0.2, 0.25) is 5.75 Å². The SMILES string of the molecule is CCC(C(=O)c1cc(OC)c(OC)c(OC)c1)(C1(c2ccccc2F)CCNC1)S(=O)(=O)O. The number of hydrogen-bond acceptors (Lipinski definition) is 7. The highest BCUT2D eigenvalue weighted by atomic mass is 32.2. The molecule has 2 unspecified atom stereocenters. The Morgan fingerprint density at radius 1 is 1.15 bits per heavy atom. The molecule has 0 radical (unpaired) electrons. The Hall–Kier alpha value is -2.69. The Kier molecular flexibility index (Phi) is 7.01. The van der Waals surface area contributed by atoms with Gasteiger partial charge in [0.05, 0.1) is 21.3 Å². The van der Waals surface area contributed by atoms with Crippen molar-refractivity contribution in [2.24, 2.45) is 0 Å². The molecule has 2 aromatic carbocycles. The smallest absolute Gasteiger partial charge is 0.279 e. The van der Waals surface area contributed by atoms with Gasteiger partial charge in [0.1, 0.15) is 5.82 Å². The van der Waals surface area contributed by atoms with E-state index in [0.717, 1.165) is 0 Å². The molecule has 10 heteroatoms. The maximum absolute atomic E-state index is 15.1. The first-order valence-electron chi connectivity index (χ1n) is 10.4. The number of ketones is 1. The van der Waals surface area contributed by atoms with Crippen LogP contribution in [0.2, 0.25) is 0 Å². The van der Waals surface area contributed by atoms with Crippen LogP contribution in [-0.4, -0.2) is 57.9 Å². The molecule has 0 saturated carbocycles. The van der Waals surface area contributed by atoms with Crippen molar-refractivity contribution in [1.82, 2.24) is 5.32 Å². The van der Waals surface area contributed by atoms with E-state index in [4.69, 9.17) is 14.2 Å². The average molecular weight is 482 g/mol. The second-order valence-corrected chi connectivity index (χ2v) is 9.53. The predicted octanol–water partition coefficient (Wildman–Crippen LogP) is 3.00. The van der Waals surface area contributed by atoms with E-state index in [1.807, 2.05) is 0 Å². The molecular formula is C23H28FNO7S. The largest absolute Gasteiger partial charge is 0.493 e. The number of rotatable bonds is 9. The Balaban J connectivity index is 2.37. The molecular weight excluding hydrogens is 453 g/mol. The number of benzene rings is 2. The molecule has 180 valence electrons. The first kappa shape index (κ1) is 24.9. The molecule has 2 aromatic rings. The van der Waals surface area contributed by atoms with E-state index in [1.165, 1.54) is 58.6 Å². The molecule has 33 heavy (non-hydrogen) atoms. The fourth-order valence-corrected chi connectivity index (χ4v) is 6.54. The molecule has 2 N–H and O–H groups in total. The minimum Gasteiger partial charge on any atom is -0.493 e. The van der Waals surface area contributed by atoms with E-state index in [1.54, 1.807) is 6.07 Å². The normalized spacial score (nSPS) is 20.2. The van der Waals surface area contributed by atoms with Crippen LogP contribution in [0.5, 0.6) is 17.2 Å². The van der Waals surface area contributed by atoms with Crippen molar-refractivity contribution in [3.8, 4) is 17.2 Å². The molecule has 0 amide bonds. The average Bonchev–Trinajstić information content (AvgIpc) is 3.28. The lowest BCUT2D eigenvalue weighted by atomic mass is 9.65. The van der Waals surface area contributed by atoms with Crippen molar-refractivity contribution in [2.45, 2.75) is 29.9 Å². The lowest BCUT2D eigenvalue weighted by Gasteiger charge is -2.45. The molecule has 1 aliphatic heterocycles. The third kappa shape index (κ3) is 3.75. The summed E-state index contributed by atoms with van der Waals surface area (Å²) in [6.45, 7) is 1.82. The number of hydrogen-bond donors (Lipinski definition) is 2. The monoisotopic (exact) mass is 481 g/mol. The van der Waals surface area contributed by atoms with Gasteiger partial charge in [-0.05, 0) is 43.1 Å². The van der Waals surface area contributed by atoms with E-state index in [9.17, 15) is 17.8 Å². The van der Waals surface area contributed by atoms with Crippen LogP contribution in [0, 0.1) is 5.82 Å². The lowest BCUT2D eigenvalue weighted by molar-refractivity contribution is 0.0866. The molecule has 0 bridgehead atoms. The molecule has 3 rings (SSSR count). The zero-order chi connectivity index (χ0) is 24.4. The van der Waals surface area contributed by atoms with Gasteiger partial charge >= 0.3 is 0 Å². The summed E-state index contributed by atoms with van der Waals surface area (Å²) >= 11 is 0. The summed E-state index contributed by atoms with van der Waals surface area (Å²) in [6, 6.07) is 8.39. The van der Waals surface area contributed by atoms with Gasteiger partial charge in [0.15, 0.2) is 22.0 Å². The summed E-state index contributed by atoms with van der Waals surface area (Å²) < 4.78 is 65.4. The second-order valence-electron chi connectivity index (χ2n) is 7.89. The van der Waals surface area contributed by atoms with Crippen molar-refractivity contribution < 1.29 is 36.4 Å². The molecule has 0 aromatic heterocycles. The number of carbonyl (C=O) groups is 1. The maximum atomic E-state index is 15.1. The van der Waals surface area contributed by atoms with Crippen LogP contribution < -0.4 is 19.5 Å². The third-order valence-electron chi connectivity index (χ3n) is 6.55. The molecule has 0 aliphatic carbocycles. The Morgan fingerprint density at radius 3 is 2.18 bits per heavy atom. The van der Waals surface area contributed by atoms with Crippen LogP contribution in [0.3, 0.4) is 0 Å². The molecule has 0 spiro atoms. The van der Waals surface area contributed by atoms with E-state index in [0.29, 0.717) is 6.54 Å².